The fourth-order valence-electron chi connectivity index (χ4n) is 2.06. The van der Waals surface area contributed by atoms with Crippen LogP contribution in [0.2, 0.25) is 0 Å². The van der Waals surface area contributed by atoms with Gasteiger partial charge >= 0.3 is 0 Å². The molecule has 26 heavy (non-hydrogen) atoms. The van der Waals surface area contributed by atoms with Gasteiger partial charge in [-0.2, -0.15) is 4.31 Å². The maximum atomic E-state index is 12.5. The molecule has 0 fully saturated rings. The number of rotatable bonds is 8. The van der Waals surface area contributed by atoms with E-state index in [1.165, 1.54) is 45.2 Å². The fourth-order valence-corrected chi connectivity index (χ4v) is 3.19. The summed E-state index contributed by atoms with van der Waals surface area (Å²) in [6, 6.07) is 4.83. The molecule has 0 aliphatic heterocycles. The van der Waals surface area contributed by atoms with Crippen molar-refractivity contribution in [3.8, 4) is 0 Å². The molecule has 0 saturated carbocycles. The Bertz CT molecular complexity index is 761. The molecule has 0 aromatic heterocycles. The summed E-state index contributed by atoms with van der Waals surface area (Å²) >= 11 is 0. The minimum absolute atomic E-state index is 0.0151. The van der Waals surface area contributed by atoms with Crippen molar-refractivity contribution in [1.82, 2.24) is 14.9 Å². The lowest BCUT2D eigenvalue weighted by Crippen LogP contribution is -2.48. The molecule has 1 aromatic rings. The van der Waals surface area contributed by atoms with E-state index in [2.05, 4.69) is 16.0 Å². The Balaban J connectivity index is 2.75. The number of benzene rings is 1. The standard InChI is InChI=1S/C16H24N4O5S/c1-5-17-16(23)11(2)18-15(22)10-20(4)26(24,25)14-8-6-13(7-9-14)19-12(3)21/h6-9,11H,5,10H2,1-4H3,(H,17,23)(H,18,22)(H,19,21)/t11-/m0/s1. The van der Waals surface area contributed by atoms with Crippen molar-refractivity contribution in [2.75, 3.05) is 25.5 Å². The molecule has 0 saturated heterocycles. The van der Waals surface area contributed by atoms with Gasteiger partial charge in [-0.25, -0.2) is 8.42 Å². The Hall–Kier alpha value is -2.46. The third-order valence-corrected chi connectivity index (χ3v) is 5.19. The van der Waals surface area contributed by atoms with Gasteiger partial charge in [0.25, 0.3) is 0 Å². The molecule has 1 rings (SSSR count). The Morgan fingerprint density at radius 3 is 2.23 bits per heavy atom. The molecule has 1 atom stereocenters. The monoisotopic (exact) mass is 384 g/mol. The topological polar surface area (TPSA) is 125 Å². The first-order valence-electron chi connectivity index (χ1n) is 7.99. The number of nitrogens with one attached hydrogen (secondary N) is 3. The molecule has 0 aliphatic carbocycles. The zero-order valence-electron chi connectivity index (χ0n) is 15.2. The summed E-state index contributed by atoms with van der Waals surface area (Å²) in [5.74, 6) is -1.21. The third kappa shape index (κ3) is 6.12. The zero-order valence-corrected chi connectivity index (χ0v) is 16.0. The second-order valence-electron chi connectivity index (χ2n) is 5.65. The van der Waals surface area contributed by atoms with E-state index in [0.717, 1.165) is 4.31 Å². The number of amides is 3. The van der Waals surface area contributed by atoms with Crippen LogP contribution in [0.25, 0.3) is 0 Å². The van der Waals surface area contributed by atoms with E-state index in [4.69, 9.17) is 0 Å². The van der Waals surface area contributed by atoms with Crippen molar-refractivity contribution in [3.63, 3.8) is 0 Å². The highest BCUT2D eigenvalue weighted by molar-refractivity contribution is 7.89. The van der Waals surface area contributed by atoms with Crippen LogP contribution in [0.4, 0.5) is 5.69 Å². The molecule has 0 spiro atoms. The summed E-state index contributed by atoms with van der Waals surface area (Å²) in [5.41, 5.74) is 0.465. The smallest absolute Gasteiger partial charge is 0.243 e. The number of sulfonamides is 1. The van der Waals surface area contributed by atoms with Gasteiger partial charge in [0.15, 0.2) is 0 Å². The van der Waals surface area contributed by atoms with Gasteiger partial charge in [-0.05, 0) is 38.1 Å². The van der Waals surface area contributed by atoms with Crippen LogP contribution in [0.15, 0.2) is 29.2 Å². The van der Waals surface area contributed by atoms with Crippen LogP contribution in [0.3, 0.4) is 0 Å². The average molecular weight is 384 g/mol. The van der Waals surface area contributed by atoms with Crippen LogP contribution >= 0.6 is 0 Å². The number of nitrogens with zero attached hydrogens (tertiary/aromatic N) is 1. The van der Waals surface area contributed by atoms with Crippen molar-refractivity contribution < 1.29 is 22.8 Å². The molecule has 0 bridgehead atoms. The van der Waals surface area contributed by atoms with E-state index in [1.807, 2.05) is 0 Å². The predicted octanol–water partition coefficient (Wildman–Crippen LogP) is -0.0937. The van der Waals surface area contributed by atoms with Crippen LogP contribution in [-0.2, 0) is 24.4 Å². The average Bonchev–Trinajstić information content (AvgIpc) is 2.54. The fraction of sp³-hybridized carbons (Fsp3) is 0.438. The molecular formula is C16H24N4O5S. The first-order chi connectivity index (χ1) is 12.1. The maximum absolute atomic E-state index is 12.5. The molecular weight excluding hydrogens is 360 g/mol. The molecule has 0 unspecified atom stereocenters. The lowest BCUT2D eigenvalue weighted by molar-refractivity contribution is -0.128. The van der Waals surface area contributed by atoms with E-state index in [1.54, 1.807) is 6.92 Å². The van der Waals surface area contributed by atoms with E-state index in [9.17, 15) is 22.8 Å². The Kier molecular flexibility index (Phi) is 7.72. The molecule has 3 N–H and O–H groups in total. The Morgan fingerprint density at radius 2 is 1.73 bits per heavy atom. The Labute approximate surface area is 153 Å². The van der Waals surface area contributed by atoms with Crippen LogP contribution < -0.4 is 16.0 Å². The second-order valence-corrected chi connectivity index (χ2v) is 7.70. The minimum Gasteiger partial charge on any atom is -0.355 e. The number of carbonyl (C=O) groups is 3. The van der Waals surface area contributed by atoms with Gasteiger partial charge in [-0.15, -0.1) is 0 Å². The highest BCUT2D eigenvalue weighted by Gasteiger charge is 2.24. The van der Waals surface area contributed by atoms with Gasteiger partial charge in [-0.3, -0.25) is 14.4 Å². The van der Waals surface area contributed by atoms with Crippen molar-refractivity contribution in [3.05, 3.63) is 24.3 Å². The molecule has 144 valence electrons. The van der Waals surface area contributed by atoms with Crippen LogP contribution in [0, 0.1) is 0 Å². The summed E-state index contributed by atoms with van der Waals surface area (Å²) < 4.78 is 25.9. The molecule has 10 heteroatoms. The molecule has 0 heterocycles. The first-order valence-corrected chi connectivity index (χ1v) is 9.43. The number of anilines is 1. The minimum atomic E-state index is -3.89. The van der Waals surface area contributed by atoms with E-state index < -0.39 is 28.5 Å². The SMILES string of the molecule is CCNC(=O)[C@H](C)NC(=O)CN(C)S(=O)(=O)c1ccc(NC(C)=O)cc1. The highest BCUT2D eigenvalue weighted by atomic mass is 32.2. The quantitative estimate of drug-likeness (QED) is 0.578. The largest absolute Gasteiger partial charge is 0.355 e. The lowest BCUT2D eigenvalue weighted by atomic mass is 10.3. The van der Waals surface area contributed by atoms with E-state index in [0.29, 0.717) is 12.2 Å². The summed E-state index contributed by atoms with van der Waals surface area (Å²) in [6.07, 6.45) is 0. The van der Waals surface area contributed by atoms with Crippen LogP contribution in [0.1, 0.15) is 20.8 Å². The van der Waals surface area contributed by atoms with Gasteiger partial charge in [0.1, 0.15) is 6.04 Å². The summed E-state index contributed by atoms with van der Waals surface area (Å²) in [6.45, 7) is 4.61. The third-order valence-electron chi connectivity index (χ3n) is 3.37. The van der Waals surface area contributed by atoms with Gasteiger partial charge < -0.3 is 16.0 Å². The van der Waals surface area contributed by atoms with Crippen LogP contribution in [0.5, 0.6) is 0 Å². The summed E-state index contributed by atoms with van der Waals surface area (Å²) in [5, 5.41) is 7.55. The van der Waals surface area contributed by atoms with Gasteiger partial charge in [-0.1, -0.05) is 0 Å². The number of carbonyl (C=O) groups excluding carboxylic acids is 3. The number of hydrogen-bond donors (Lipinski definition) is 3. The zero-order chi connectivity index (χ0) is 19.9. The molecule has 9 nitrogen and oxygen atoms in total. The van der Waals surface area contributed by atoms with Gasteiger partial charge in [0, 0.05) is 26.2 Å². The summed E-state index contributed by atoms with van der Waals surface area (Å²) in [4.78, 5) is 34.6. The van der Waals surface area contributed by atoms with E-state index in [-0.39, 0.29) is 16.7 Å². The second kappa shape index (κ2) is 9.30. The van der Waals surface area contributed by atoms with Gasteiger partial charge in [0.05, 0.1) is 11.4 Å². The normalized spacial score (nSPS) is 12.3. The van der Waals surface area contributed by atoms with Crippen molar-refractivity contribution in [1.29, 1.82) is 0 Å². The predicted molar refractivity (Wildman–Crippen MR) is 96.8 cm³/mol. The van der Waals surface area contributed by atoms with E-state index >= 15 is 0 Å². The maximum Gasteiger partial charge on any atom is 0.243 e. The number of likely N-dealkylation sites (N-methyl/N-ethyl adjacent to an activating group) is 2. The molecule has 0 aliphatic rings. The number of hydrogen-bond acceptors (Lipinski definition) is 5. The van der Waals surface area contributed by atoms with Crippen molar-refractivity contribution >= 4 is 33.4 Å². The molecule has 3 amide bonds. The first kappa shape index (κ1) is 21.6. The molecule has 0 radical (unpaired) electrons. The lowest BCUT2D eigenvalue weighted by Gasteiger charge is -2.19. The summed E-state index contributed by atoms with van der Waals surface area (Å²) in [7, 11) is -2.62. The highest BCUT2D eigenvalue weighted by Crippen LogP contribution is 2.17. The van der Waals surface area contributed by atoms with Crippen LogP contribution in [-0.4, -0.2) is 56.6 Å². The van der Waals surface area contributed by atoms with Crippen molar-refractivity contribution in [2.45, 2.75) is 31.7 Å². The molecule has 1 aromatic carbocycles. The van der Waals surface area contributed by atoms with Crippen molar-refractivity contribution in [2.24, 2.45) is 0 Å². The van der Waals surface area contributed by atoms with Gasteiger partial charge in [0.2, 0.25) is 27.7 Å². The Morgan fingerprint density at radius 1 is 1.15 bits per heavy atom.